The Labute approximate surface area is 119 Å². The van der Waals surface area contributed by atoms with Crippen LogP contribution in [0.25, 0.3) is 0 Å². The normalized spacial score (nSPS) is 12.2. The van der Waals surface area contributed by atoms with Crippen molar-refractivity contribution < 1.29 is 13.6 Å². The first-order valence-corrected chi connectivity index (χ1v) is 6.87. The molecule has 0 spiro atoms. The largest absolute Gasteiger partial charge is 0.345 e. The van der Waals surface area contributed by atoms with Crippen LogP contribution in [-0.4, -0.2) is 15.5 Å². The van der Waals surface area contributed by atoms with Gasteiger partial charge in [0.1, 0.15) is 16.5 Å². The summed E-state index contributed by atoms with van der Waals surface area (Å²) in [5.74, 6) is -1.69. The van der Waals surface area contributed by atoms with Gasteiger partial charge in [0.2, 0.25) is 0 Å². The zero-order valence-electron chi connectivity index (χ0n) is 11.0. The van der Waals surface area contributed by atoms with E-state index in [4.69, 9.17) is 0 Å². The van der Waals surface area contributed by atoms with Crippen LogP contribution in [0.4, 0.5) is 8.78 Å². The highest BCUT2D eigenvalue weighted by atomic mass is 32.1. The van der Waals surface area contributed by atoms with E-state index in [9.17, 15) is 13.6 Å². The molecule has 1 heterocycles. The van der Waals surface area contributed by atoms with Crippen LogP contribution in [0.2, 0.25) is 0 Å². The van der Waals surface area contributed by atoms with Gasteiger partial charge in [-0.15, -0.1) is 5.10 Å². The summed E-state index contributed by atoms with van der Waals surface area (Å²) in [6.45, 7) is 3.50. The maximum absolute atomic E-state index is 13.6. The third-order valence-corrected chi connectivity index (χ3v) is 3.64. The molecule has 0 saturated heterocycles. The molecule has 0 aliphatic carbocycles. The number of nitrogens with zero attached hydrogens (tertiary/aromatic N) is 2. The smallest absolute Gasteiger partial charge is 0.265 e. The third kappa shape index (κ3) is 2.98. The molecule has 20 heavy (non-hydrogen) atoms. The highest BCUT2D eigenvalue weighted by Gasteiger charge is 2.19. The summed E-state index contributed by atoms with van der Waals surface area (Å²) in [5.41, 5.74) is 0.842. The number of carbonyl (C=O) groups is 1. The second-order valence-electron chi connectivity index (χ2n) is 4.26. The molecule has 7 heteroatoms. The molecule has 0 radical (unpaired) electrons. The predicted molar refractivity (Wildman–Crippen MR) is 71.5 cm³/mol. The molecule has 0 aliphatic heterocycles. The van der Waals surface area contributed by atoms with E-state index in [1.54, 1.807) is 6.92 Å². The Morgan fingerprint density at radius 1 is 1.45 bits per heavy atom. The zero-order chi connectivity index (χ0) is 14.7. The van der Waals surface area contributed by atoms with E-state index < -0.39 is 17.7 Å². The van der Waals surface area contributed by atoms with Crippen molar-refractivity contribution in [2.75, 3.05) is 0 Å². The molecule has 0 bridgehead atoms. The lowest BCUT2D eigenvalue weighted by Crippen LogP contribution is -2.27. The molecule has 1 aromatic heterocycles. The van der Waals surface area contributed by atoms with Gasteiger partial charge in [0.15, 0.2) is 0 Å². The second-order valence-corrected chi connectivity index (χ2v) is 5.02. The topological polar surface area (TPSA) is 54.9 Å². The van der Waals surface area contributed by atoms with Crippen LogP contribution >= 0.6 is 11.5 Å². The molecule has 106 valence electrons. The van der Waals surface area contributed by atoms with Crippen molar-refractivity contribution >= 4 is 17.4 Å². The van der Waals surface area contributed by atoms with E-state index >= 15 is 0 Å². The highest BCUT2D eigenvalue weighted by molar-refractivity contribution is 7.08. The highest BCUT2D eigenvalue weighted by Crippen LogP contribution is 2.19. The first-order chi connectivity index (χ1) is 9.52. The molecule has 1 atom stereocenters. The van der Waals surface area contributed by atoms with Crippen molar-refractivity contribution in [2.45, 2.75) is 26.3 Å². The average molecular weight is 297 g/mol. The standard InChI is InChI=1S/C13H13F2N3OS/c1-3-11-12(20-18-17-11)13(19)16-7(2)9-5-4-8(14)6-10(9)15/h4-7H,3H2,1-2H3,(H,16,19)/t7-/m0/s1. The van der Waals surface area contributed by atoms with Gasteiger partial charge in [-0.05, 0) is 30.9 Å². The fourth-order valence-corrected chi connectivity index (χ4v) is 2.46. The maximum atomic E-state index is 13.6. The van der Waals surface area contributed by atoms with Crippen LogP contribution in [0.3, 0.4) is 0 Å². The predicted octanol–water partition coefficient (Wildman–Crippen LogP) is 2.87. The molecule has 1 N–H and O–H groups in total. The molecular formula is C13H13F2N3OS. The Morgan fingerprint density at radius 3 is 2.85 bits per heavy atom. The van der Waals surface area contributed by atoms with Crippen LogP contribution in [0.1, 0.15) is 40.8 Å². The molecular weight excluding hydrogens is 284 g/mol. The van der Waals surface area contributed by atoms with Crippen molar-refractivity contribution in [2.24, 2.45) is 0 Å². The number of hydrogen-bond acceptors (Lipinski definition) is 4. The Morgan fingerprint density at radius 2 is 2.20 bits per heavy atom. The summed E-state index contributed by atoms with van der Waals surface area (Å²) in [4.78, 5) is 12.5. The molecule has 0 saturated carbocycles. The van der Waals surface area contributed by atoms with Crippen LogP contribution in [-0.2, 0) is 6.42 Å². The van der Waals surface area contributed by atoms with Gasteiger partial charge in [-0.1, -0.05) is 17.5 Å². The van der Waals surface area contributed by atoms with Crippen molar-refractivity contribution in [3.63, 3.8) is 0 Å². The SMILES string of the molecule is CCc1nnsc1C(=O)N[C@@H](C)c1ccc(F)cc1F. The number of benzene rings is 1. The van der Waals surface area contributed by atoms with Crippen LogP contribution in [0.5, 0.6) is 0 Å². The van der Waals surface area contributed by atoms with Gasteiger partial charge in [0.05, 0.1) is 11.7 Å². The quantitative estimate of drug-likeness (QED) is 0.944. The van der Waals surface area contributed by atoms with Gasteiger partial charge in [-0.2, -0.15) is 0 Å². The molecule has 2 aromatic rings. The number of nitrogens with one attached hydrogen (secondary N) is 1. The van der Waals surface area contributed by atoms with Gasteiger partial charge >= 0.3 is 0 Å². The van der Waals surface area contributed by atoms with E-state index in [0.29, 0.717) is 17.0 Å². The van der Waals surface area contributed by atoms with Gasteiger partial charge in [0, 0.05) is 11.6 Å². The number of halogens is 2. The lowest BCUT2D eigenvalue weighted by atomic mass is 10.1. The van der Waals surface area contributed by atoms with E-state index in [2.05, 4.69) is 14.9 Å². The Kier molecular flexibility index (Phi) is 4.39. The van der Waals surface area contributed by atoms with E-state index in [1.807, 2.05) is 6.92 Å². The molecule has 0 unspecified atom stereocenters. The van der Waals surface area contributed by atoms with E-state index in [1.165, 1.54) is 6.07 Å². The number of aromatic nitrogens is 2. The van der Waals surface area contributed by atoms with Gasteiger partial charge in [-0.3, -0.25) is 4.79 Å². The molecule has 0 fully saturated rings. The molecule has 2 rings (SSSR count). The van der Waals surface area contributed by atoms with E-state index in [-0.39, 0.29) is 11.5 Å². The Hall–Kier alpha value is -1.89. The molecule has 4 nitrogen and oxygen atoms in total. The Balaban J connectivity index is 2.15. The second kappa shape index (κ2) is 6.04. The van der Waals surface area contributed by atoms with Gasteiger partial charge in [0.25, 0.3) is 5.91 Å². The first-order valence-electron chi connectivity index (χ1n) is 6.10. The van der Waals surface area contributed by atoms with Crippen LogP contribution < -0.4 is 5.32 Å². The molecule has 0 aliphatic rings. The van der Waals surface area contributed by atoms with Crippen molar-refractivity contribution in [1.29, 1.82) is 0 Å². The summed E-state index contributed by atoms with van der Waals surface area (Å²) in [7, 11) is 0. The van der Waals surface area contributed by atoms with Crippen molar-refractivity contribution in [3.05, 3.63) is 46.0 Å². The fraction of sp³-hybridized carbons (Fsp3) is 0.308. The average Bonchev–Trinajstić information content (AvgIpc) is 2.86. The number of carbonyl (C=O) groups excluding carboxylic acids is 1. The number of amides is 1. The van der Waals surface area contributed by atoms with E-state index in [0.717, 1.165) is 23.7 Å². The third-order valence-electron chi connectivity index (χ3n) is 2.87. The molecule has 1 aromatic carbocycles. The van der Waals surface area contributed by atoms with Crippen LogP contribution in [0.15, 0.2) is 18.2 Å². The van der Waals surface area contributed by atoms with Gasteiger partial charge < -0.3 is 5.32 Å². The fourth-order valence-electron chi connectivity index (χ4n) is 1.81. The maximum Gasteiger partial charge on any atom is 0.265 e. The summed E-state index contributed by atoms with van der Waals surface area (Å²) < 4.78 is 30.2. The van der Waals surface area contributed by atoms with Crippen molar-refractivity contribution in [3.8, 4) is 0 Å². The van der Waals surface area contributed by atoms with Gasteiger partial charge in [-0.25, -0.2) is 8.78 Å². The van der Waals surface area contributed by atoms with Crippen molar-refractivity contribution in [1.82, 2.24) is 14.9 Å². The first kappa shape index (κ1) is 14.5. The zero-order valence-corrected chi connectivity index (χ0v) is 11.8. The lowest BCUT2D eigenvalue weighted by molar-refractivity contribution is 0.0942. The minimum Gasteiger partial charge on any atom is -0.345 e. The minimum absolute atomic E-state index is 0.232. The summed E-state index contributed by atoms with van der Waals surface area (Å²) >= 11 is 0.999. The van der Waals surface area contributed by atoms with Crippen LogP contribution in [0, 0.1) is 11.6 Å². The number of hydrogen-bond donors (Lipinski definition) is 1. The lowest BCUT2D eigenvalue weighted by Gasteiger charge is -2.14. The summed E-state index contributed by atoms with van der Waals surface area (Å²) in [5, 5.41) is 6.51. The summed E-state index contributed by atoms with van der Waals surface area (Å²) in [6, 6.07) is 2.70. The summed E-state index contributed by atoms with van der Waals surface area (Å²) in [6.07, 6.45) is 0.596. The number of rotatable bonds is 4. The number of aryl methyl sites for hydroxylation is 1. The Bertz CT molecular complexity index is 630. The monoisotopic (exact) mass is 297 g/mol. The minimum atomic E-state index is -0.684. The molecule has 1 amide bonds.